The van der Waals surface area contributed by atoms with Crippen LogP contribution in [0.25, 0.3) is 6.08 Å². The quantitative estimate of drug-likeness (QED) is 0.116. The second-order valence-corrected chi connectivity index (χ2v) is 9.85. The summed E-state index contributed by atoms with van der Waals surface area (Å²) in [5, 5.41) is 5.59. The second kappa shape index (κ2) is 14.5. The molecule has 0 spiro atoms. The maximum atomic E-state index is 13.4. The van der Waals surface area contributed by atoms with Crippen LogP contribution in [0.5, 0.6) is 11.5 Å². The maximum absolute atomic E-state index is 13.4. The first-order chi connectivity index (χ1) is 19.9. The number of nitrogens with one attached hydrogen (secondary N) is 2. The molecule has 0 aliphatic heterocycles. The van der Waals surface area contributed by atoms with Gasteiger partial charge < -0.3 is 20.1 Å². The van der Waals surface area contributed by atoms with Gasteiger partial charge in [-0.05, 0) is 85.3 Å². The highest BCUT2D eigenvalue weighted by atomic mass is 32.2. The lowest BCUT2D eigenvalue weighted by molar-refractivity contribution is -0.113. The van der Waals surface area contributed by atoms with Gasteiger partial charge in [0.05, 0.1) is 19.5 Å². The molecule has 0 saturated carbocycles. The van der Waals surface area contributed by atoms with E-state index in [1.165, 1.54) is 11.8 Å². The van der Waals surface area contributed by atoms with Gasteiger partial charge >= 0.3 is 0 Å². The fraction of sp³-hybridized carbons (Fsp3) is 0.121. The van der Waals surface area contributed by atoms with Crippen LogP contribution in [0.2, 0.25) is 0 Å². The van der Waals surface area contributed by atoms with Gasteiger partial charge in [-0.25, -0.2) is 0 Å². The van der Waals surface area contributed by atoms with Crippen molar-refractivity contribution in [3.05, 3.63) is 126 Å². The van der Waals surface area contributed by atoms with E-state index in [9.17, 15) is 14.4 Å². The van der Waals surface area contributed by atoms with Gasteiger partial charge in [0.2, 0.25) is 0 Å². The number of methoxy groups -OCH3 is 1. The van der Waals surface area contributed by atoms with Crippen molar-refractivity contribution in [1.29, 1.82) is 0 Å². The molecule has 2 amide bonds. The normalized spacial score (nSPS) is 10.9. The van der Waals surface area contributed by atoms with Gasteiger partial charge in [0.25, 0.3) is 11.8 Å². The van der Waals surface area contributed by atoms with E-state index in [0.29, 0.717) is 34.7 Å². The van der Waals surface area contributed by atoms with E-state index in [1.54, 1.807) is 98.1 Å². The zero-order valence-electron chi connectivity index (χ0n) is 22.8. The van der Waals surface area contributed by atoms with Crippen molar-refractivity contribution in [2.24, 2.45) is 0 Å². The monoisotopic (exact) mass is 566 g/mol. The number of anilines is 1. The van der Waals surface area contributed by atoms with Crippen LogP contribution in [-0.4, -0.2) is 37.1 Å². The summed E-state index contributed by atoms with van der Waals surface area (Å²) in [4.78, 5) is 39.8. The van der Waals surface area contributed by atoms with Crippen molar-refractivity contribution in [3.63, 3.8) is 0 Å². The second-order valence-electron chi connectivity index (χ2n) is 8.81. The number of thioether (sulfide) groups is 1. The summed E-state index contributed by atoms with van der Waals surface area (Å²) in [5.41, 5.74) is 2.30. The molecule has 0 fully saturated rings. The smallest absolute Gasteiger partial charge is 0.272 e. The van der Waals surface area contributed by atoms with Gasteiger partial charge in [-0.1, -0.05) is 36.4 Å². The molecule has 4 aromatic rings. The van der Waals surface area contributed by atoms with Gasteiger partial charge in [-0.15, -0.1) is 11.8 Å². The molecule has 0 unspecified atom stereocenters. The predicted molar refractivity (Wildman–Crippen MR) is 163 cm³/mol. The van der Waals surface area contributed by atoms with Crippen LogP contribution in [0.4, 0.5) is 5.69 Å². The van der Waals surface area contributed by atoms with Gasteiger partial charge in [-0.2, -0.15) is 0 Å². The molecule has 41 heavy (non-hydrogen) atoms. The highest BCUT2D eigenvalue weighted by Gasteiger charge is 2.16. The molecule has 2 N–H and O–H groups in total. The molecule has 0 aliphatic carbocycles. The van der Waals surface area contributed by atoms with Crippen molar-refractivity contribution in [3.8, 4) is 11.5 Å². The SMILES string of the molecule is CCOc1ccc(C(=O)CSc2cccc(NC(=O)/C(=C/c3cccc(OC)c3)NC(=O)c3ccccc3)c2)cc1. The standard InChI is InChI=1S/C33H30N2O5S/c1-3-40-27-17-15-24(16-18-27)31(36)22-41-29-14-8-12-26(21-29)34-33(38)30(20-23-9-7-13-28(19-23)39-2)35-32(37)25-10-5-4-6-11-25/h4-21H,3,22H2,1-2H3,(H,34,38)(H,35,37)/b30-20-. The van der Waals surface area contributed by atoms with Crippen LogP contribution in [-0.2, 0) is 4.79 Å². The minimum atomic E-state index is -0.496. The number of ether oxygens (including phenoxy) is 2. The maximum Gasteiger partial charge on any atom is 0.272 e. The Morgan fingerprint density at radius 3 is 2.29 bits per heavy atom. The van der Waals surface area contributed by atoms with E-state index in [-0.39, 0.29) is 17.2 Å². The number of amides is 2. The largest absolute Gasteiger partial charge is 0.497 e. The molecule has 7 nitrogen and oxygen atoms in total. The Balaban J connectivity index is 1.47. The van der Waals surface area contributed by atoms with Crippen molar-refractivity contribution in [2.75, 3.05) is 24.8 Å². The number of hydrogen-bond acceptors (Lipinski definition) is 6. The first kappa shape index (κ1) is 29.2. The molecule has 0 heterocycles. The summed E-state index contributed by atoms with van der Waals surface area (Å²) >= 11 is 1.37. The summed E-state index contributed by atoms with van der Waals surface area (Å²) in [7, 11) is 1.56. The van der Waals surface area contributed by atoms with Gasteiger partial charge in [-0.3, -0.25) is 14.4 Å². The summed E-state index contributed by atoms with van der Waals surface area (Å²) in [6, 6.07) is 30.1. The number of ketones is 1. The molecule has 0 aliphatic rings. The van der Waals surface area contributed by atoms with Crippen LogP contribution in [0.1, 0.15) is 33.2 Å². The highest BCUT2D eigenvalue weighted by molar-refractivity contribution is 8.00. The van der Waals surface area contributed by atoms with Crippen molar-refractivity contribution in [1.82, 2.24) is 5.32 Å². The van der Waals surface area contributed by atoms with Gasteiger partial charge in [0, 0.05) is 21.7 Å². The van der Waals surface area contributed by atoms with Gasteiger partial charge in [0.1, 0.15) is 17.2 Å². The highest BCUT2D eigenvalue weighted by Crippen LogP contribution is 2.24. The number of hydrogen-bond donors (Lipinski definition) is 2. The van der Waals surface area contributed by atoms with E-state index in [4.69, 9.17) is 9.47 Å². The lowest BCUT2D eigenvalue weighted by Crippen LogP contribution is -2.30. The fourth-order valence-corrected chi connectivity index (χ4v) is 4.69. The summed E-state index contributed by atoms with van der Waals surface area (Å²) in [6.45, 7) is 2.47. The first-order valence-corrected chi connectivity index (χ1v) is 14.0. The van der Waals surface area contributed by atoms with Crippen LogP contribution in [0.15, 0.2) is 114 Å². The zero-order chi connectivity index (χ0) is 29.0. The minimum absolute atomic E-state index is 0.0142. The lowest BCUT2D eigenvalue weighted by Gasteiger charge is -2.12. The molecule has 4 rings (SSSR count). The fourth-order valence-electron chi connectivity index (χ4n) is 3.84. The molecule has 0 atom stereocenters. The lowest BCUT2D eigenvalue weighted by atomic mass is 10.1. The third-order valence-electron chi connectivity index (χ3n) is 5.88. The number of benzene rings is 4. The Labute approximate surface area is 243 Å². The Bertz CT molecular complexity index is 1540. The molecule has 0 radical (unpaired) electrons. The molecular formula is C33H30N2O5S. The minimum Gasteiger partial charge on any atom is -0.497 e. The number of carbonyl (C=O) groups is 3. The van der Waals surface area contributed by atoms with E-state index in [0.717, 1.165) is 10.6 Å². The van der Waals surface area contributed by atoms with Crippen molar-refractivity contribution < 1.29 is 23.9 Å². The summed E-state index contributed by atoms with van der Waals surface area (Å²) in [5.74, 6) is 0.660. The topological polar surface area (TPSA) is 93.7 Å². The van der Waals surface area contributed by atoms with Crippen LogP contribution in [0, 0.1) is 0 Å². The predicted octanol–water partition coefficient (Wildman–Crippen LogP) is 6.48. The number of carbonyl (C=O) groups excluding carboxylic acids is 3. The van der Waals surface area contributed by atoms with Crippen LogP contribution >= 0.6 is 11.8 Å². The molecule has 8 heteroatoms. The van der Waals surface area contributed by atoms with E-state index in [2.05, 4.69) is 10.6 Å². The number of Topliss-reactive ketones (excluding diaryl/α,β-unsaturated/α-hetero) is 1. The van der Waals surface area contributed by atoms with Crippen LogP contribution in [0.3, 0.4) is 0 Å². The summed E-state index contributed by atoms with van der Waals surface area (Å²) in [6.07, 6.45) is 1.59. The molecule has 0 aromatic heterocycles. The van der Waals surface area contributed by atoms with E-state index >= 15 is 0 Å². The number of rotatable bonds is 12. The average molecular weight is 567 g/mol. The van der Waals surface area contributed by atoms with E-state index in [1.807, 2.05) is 25.1 Å². The molecule has 208 valence electrons. The molecular weight excluding hydrogens is 536 g/mol. The molecule has 0 bridgehead atoms. The first-order valence-electron chi connectivity index (χ1n) is 13.0. The van der Waals surface area contributed by atoms with Crippen molar-refractivity contribution in [2.45, 2.75) is 11.8 Å². The van der Waals surface area contributed by atoms with Crippen LogP contribution < -0.4 is 20.1 Å². The molecule has 0 saturated heterocycles. The van der Waals surface area contributed by atoms with Gasteiger partial charge in [0.15, 0.2) is 5.78 Å². The Morgan fingerprint density at radius 2 is 1.56 bits per heavy atom. The third kappa shape index (κ3) is 8.58. The summed E-state index contributed by atoms with van der Waals surface area (Å²) < 4.78 is 10.7. The van der Waals surface area contributed by atoms with E-state index < -0.39 is 11.8 Å². The zero-order valence-corrected chi connectivity index (χ0v) is 23.6. The Morgan fingerprint density at radius 1 is 0.805 bits per heavy atom. The third-order valence-corrected chi connectivity index (χ3v) is 6.88. The average Bonchev–Trinajstić information content (AvgIpc) is 3.00. The Hall–Kier alpha value is -4.82. The Kier molecular flexibility index (Phi) is 10.3. The van der Waals surface area contributed by atoms with Crippen molar-refractivity contribution >= 4 is 41.1 Å². The molecule has 4 aromatic carbocycles.